The van der Waals surface area contributed by atoms with Gasteiger partial charge in [0.2, 0.25) is 0 Å². The molecule has 4 nitrogen and oxygen atoms in total. The van der Waals surface area contributed by atoms with Crippen LogP contribution in [0.5, 0.6) is 0 Å². The molecule has 1 atom stereocenters. The molecule has 1 saturated heterocycles. The minimum absolute atomic E-state index is 0.437. The van der Waals surface area contributed by atoms with Crippen LogP contribution in [0.1, 0.15) is 5.56 Å². The Hall–Kier alpha value is -1.36. The number of benzene rings is 1. The molecule has 102 valence electrons. The summed E-state index contributed by atoms with van der Waals surface area (Å²) in [5.41, 5.74) is 8.14. The molecule has 1 aliphatic rings. The monoisotopic (exact) mass is 259 g/mol. The van der Waals surface area contributed by atoms with Gasteiger partial charge >= 0.3 is 0 Å². The molecule has 2 N–H and O–H groups in total. The number of piperazine rings is 1. The molecule has 1 fully saturated rings. The molecule has 19 heavy (non-hydrogen) atoms. The van der Waals surface area contributed by atoms with Gasteiger partial charge in [0.25, 0.3) is 0 Å². The van der Waals surface area contributed by atoms with Crippen LogP contribution in [0.15, 0.2) is 34.9 Å². The van der Waals surface area contributed by atoms with E-state index in [1.54, 1.807) is 0 Å². The van der Waals surface area contributed by atoms with Gasteiger partial charge in [-0.05, 0) is 13.1 Å². The van der Waals surface area contributed by atoms with E-state index in [9.17, 15) is 0 Å². The zero-order valence-corrected chi connectivity index (χ0v) is 11.4. The Kier molecular flexibility index (Phi) is 3.55. The Morgan fingerprint density at radius 2 is 2.16 bits per heavy atom. The summed E-state index contributed by atoms with van der Waals surface area (Å²) in [4.78, 5) is 4.82. The summed E-state index contributed by atoms with van der Waals surface area (Å²) in [5, 5.41) is 1.22. The van der Waals surface area contributed by atoms with Crippen LogP contribution in [0.4, 0.5) is 0 Å². The van der Waals surface area contributed by atoms with E-state index in [1.165, 1.54) is 10.9 Å². The van der Waals surface area contributed by atoms with Gasteiger partial charge in [0.15, 0.2) is 0 Å². The third-order valence-electron chi connectivity index (χ3n) is 4.01. The SMILES string of the molecule is CN1CCN(Cc2coc3ccccc23)C(CN)C1. The Bertz CT molecular complexity index is 551. The molecule has 0 aliphatic carbocycles. The zero-order valence-electron chi connectivity index (χ0n) is 11.4. The average Bonchev–Trinajstić information content (AvgIpc) is 2.84. The molecule has 0 saturated carbocycles. The van der Waals surface area contributed by atoms with Crippen molar-refractivity contribution in [3.8, 4) is 0 Å². The fraction of sp³-hybridized carbons (Fsp3) is 0.467. The first-order valence-electron chi connectivity index (χ1n) is 6.85. The predicted octanol–water partition coefficient (Wildman–Crippen LogP) is 1.51. The molecule has 0 radical (unpaired) electrons. The maximum atomic E-state index is 5.91. The summed E-state index contributed by atoms with van der Waals surface area (Å²) in [6, 6.07) is 8.65. The van der Waals surface area contributed by atoms with E-state index < -0.39 is 0 Å². The minimum atomic E-state index is 0.437. The van der Waals surface area contributed by atoms with Gasteiger partial charge in [-0.3, -0.25) is 4.90 Å². The number of furan rings is 1. The lowest BCUT2D eigenvalue weighted by Crippen LogP contribution is -2.54. The van der Waals surface area contributed by atoms with Crippen LogP contribution in [0.2, 0.25) is 0 Å². The van der Waals surface area contributed by atoms with E-state index in [4.69, 9.17) is 10.2 Å². The molecule has 0 amide bonds. The molecule has 2 heterocycles. The average molecular weight is 259 g/mol. The normalized spacial score (nSPS) is 22.1. The van der Waals surface area contributed by atoms with Gasteiger partial charge in [0, 0.05) is 49.7 Å². The van der Waals surface area contributed by atoms with Crippen molar-refractivity contribution < 1.29 is 4.42 Å². The summed E-state index contributed by atoms with van der Waals surface area (Å²) in [6.07, 6.45) is 1.89. The molecular formula is C15H21N3O. The Morgan fingerprint density at radius 1 is 1.32 bits per heavy atom. The van der Waals surface area contributed by atoms with Gasteiger partial charge in [-0.15, -0.1) is 0 Å². The smallest absolute Gasteiger partial charge is 0.134 e. The molecule has 1 aliphatic heterocycles. The molecule has 4 heteroatoms. The highest BCUT2D eigenvalue weighted by Gasteiger charge is 2.24. The maximum Gasteiger partial charge on any atom is 0.134 e. The van der Waals surface area contributed by atoms with E-state index in [-0.39, 0.29) is 0 Å². The summed E-state index contributed by atoms with van der Waals surface area (Å²) in [7, 11) is 2.16. The molecule has 1 aromatic carbocycles. The largest absolute Gasteiger partial charge is 0.464 e. The van der Waals surface area contributed by atoms with Crippen molar-refractivity contribution in [3.63, 3.8) is 0 Å². The van der Waals surface area contributed by atoms with Crippen molar-refractivity contribution in [2.75, 3.05) is 33.2 Å². The lowest BCUT2D eigenvalue weighted by Gasteiger charge is -2.39. The second-order valence-corrected chi connectivity index (χ2v) is 5.38. The van der Waals surface area contributed by atoms with E-state index in [1.807, 2.05) is 18.4 Å². The lowest BCUT2D eigenvalue weighted by atomic mass is 10.1. The van der Waals surface area contributed by atoms with Crippen LogP contribution < -0.4 is 5.73 Å². The first-order chi connectivity index (χ1) is 9.28. The summed E-state index contributed by atoms with van der Waals surface area (Å²) in [6.45, 7) is 4.85. The maximum absolute atomic E-state index is 5.91. The van der Waals surface area contributed by atoms with Gasteiger partial charge in [-0.2, -0.15) is 0 Å². The van der Waals surface area contributed by atoms with Gasteiger partial charge in [0.1, 0.15) is 5.58 Å². The number of fused-ring (bicyclic) bond motifs is 1. The highest BCUT2D eigenvalue weighted by atomic mass is 16.3. The number of likely N-dealkylation sites (N-methyl/N-ethyl adjacent to an activating group) is 1. The Balaban J connectivity index is 1.80. The number of para-hydroxylation sites is 1. The van der Waals surface area contributed by atoms with Crippen LogP contribution in [-0.4, -0.2) is 49.1 Å². The van der Waals surface area contributed by atoms with E-state index in [0.29, 0.717) is 12.6 Å². The quantitative estimate of drug-likeness (QED) is 0.907. The van der Waals surface area contributed by atoms with Crippen LogP contribution >= 0.6 is 0 Å². The van der Waals surface area contributed by atoms with Gasteiger partial charge < -0.3 is 15.1 Å². The first-order valence-corrected chi connectivity index (χ1v) is 6.85. The second kappa shape index (κ2) is 5.33. The number of nitrogens with two attached hydrogens (primary N) is 1. The molecular weight excluding hydrogens is 238 g/mol. The third kappa shape index (κ3) is 2.52. The van der Waals surface area contributed by atoms with E-state index in [0.717, 1.165) is 31.8 Å². The highest BCUT2D eigenvalue weighted by Crippen LogP contribution is 2.23. The van der Waals surface area contributed by atoms with Crippen molar-refractivity contribution in [2.24, 2.45) is 5.73 Å². The van der Waals surface area contributed by atoms with Crippen LogP contribution in [0.3, 0.4) is 0 Å². The van der Waals surface area contributed by atoms with Crippen molar-refractivity contribution in [1.29, 1.82) is 0 Å². The topological polar surface area (TPSA) is 45.6 Å². The molecule has 1 aromatic heterocycles. The number of hydrogen-bond donors (Lipinski definition) is 1. The summed E-state index contributed by atoms with van der Waals surface area (Å²) in [5.74, 6) is 0. The Morgan fingerprint density at radius 3 is 3.00 bits per heavy atom. The van der Waals surface area contributed by atoms with Crippen LogP contribution in [0.25, 0.3) is 11.0 Å². The predicted molar refractivity (Wildman–Crippen MR) is 77.0 cm³/mol. The number of hydrogen-bond acceptors (Lipinski definition) is 4. The van der Waals surface area contributed by atoms with Gasteiger partial charge in [0.05, 0.1) is 6.26 Å². The first kappa shape index (κ1) is 12.7. The van der Waals surface area contributed by atoms with Gasteiger partial charge in [-0.25, -0.2) is 0 Å². The van der Waals surface area contributed by atoms with Crippen LogP contribution in [-0.2, 0) is 6.54 Å². The molecule has 0 bridgehead atoms. The van der Waals surface area contributed by atoms with E-state index in [2.05, 4.69) is 29.0 Å². The van der Waals surface area contributed by atoms with Crippen molar-refractivity contribution >= 4 is 11.0 Å². The lowest BCUT2D eigenvalue weighted by molar-refractivity contribution is 0.0882. The molecule has 3 rings (SSSR count). The number of rotatable bonds is 3. The molecule has 2 aromatic rings. The summed E-state index contributed by atoms with van der Waals surface area (Å²) >= 11 is 0. The minimum Gasteiger partial charge on any atom is -0.464 e. The molecule has 0 spiro atoms. The van der Waals surface area contributed by atoms with Crippen LogP contribution in [0, 0.1) is 0 Å². The summed E-state index contributed by atoms with van der Waals surface area (Å²) < 4.78 is 5.61. The number of nitrogens with zero attached hydrogens (tertiary/aromatic N) is 2. The third-order valence-corrected chi connectivity index (χ3v) is 4.01. The fourth-order valence-electron chi connectivity index (χ4n) is 2.85. The zero-order chi connectivity index (χ0) is 13.2. The van der Waals surface area contributed by atoms with Crippen molar-refractivity contribution in [2.45, 2.75) is 12.6 Å². The van der Waals surface area contributed by atoms with Crippen molar-refractivity contribution in [1.82, 2.24) is 9.80 Å². The fourth-order valence-corrected chi connectivity index (χ4v) is 2.85. The van der Waals surface area contributed by atoms with Gasteiger partial charge in [-0.1, -0.05) is 18.2 Å². The van der Waals surface area contributed by atoms with E-state index >= 15 is 0 Å². The Labute approximate surface area is 113 Å². The van der Waals surface area contributed by atoms with Crippen molar-refractivity contribution in [3.05, 3.63) is 36.1 Å². The standard InChI is InChI=1S/C15H21N3O/c1-17-6-7-18(13(8-16)10-17)9-12-11-19-15-5-3-2-4-14(12)15/h2-5,11,13H,6-10,16H2,1H3. The molecule has 1 unspecified atom stereocenters. The highest BCUT2D eigenvalue weighted by molar-refractivity contribution is 5.80. The second-order valence-electron chi connectivity index (χ2n) is 5.38.